The van der Waals surface area contributed by atoms with Crippen molar-refractivity contribution in [1.82, 2.24) is 4.72 Å². The van der Waals surface area contributed by atoms with Crippen molar-refractivity contribution >= 4 is 16.0 Å². The Bertz CT molecular complexity index is 260. The van der Waals surface area contributed by atoms with E-state index in [0.29, 0.717) is 0 Å². The second-order valence-electron chi connectivity index (χ2n) is 2.44. The van der Waals surface area contributed by atoms with Crippen LogP contribution in [0.25, 0.3) is 0 Å². The maximum Gasteiger partial charge on any atom is 0.332 e. The Hall–Kier alpha value is -0.660. The van der Waals surface area contributed by atoms with Crippen molar-refractivity contribution in [1.29, 1.82) is 0 Å². The molecule has 0 rings (SSSR count). The van der Waals surface area contributed by atoms with Gasteiger partial charge >= 0.3 is 5.97 Å². The molecule has 78 valence electrons. The summed E-state index contributed by atoms with van der Waals surface area (Å²) >= 11 is 0. The van der Waals surface area contributed by atoms with Crippen LogP contribution < -0.4 is 4.72 Å². The standard InChI is InChI=1S/C6H13NO5S/c1-2-13(11,12)7-4-3-5(8)6(9)10/h5,7-8H,2-4H2,1H3,(H,9,10). The molecule has 0 heterocycles. The number of hydrogen-bond acceptors (Lipinski definition) is 4. The van der Waals surface area contributed by atoms with E-state index >= 15 is 0 Å². The highest BCUT2D eigenvalue weighted by atomic mass is 32.2. The molecule has 13 heavy (non-hydrogen) atoms. The predicted octanol–water partition coefficient (Wildman–Crippen LogP) is -1.24. The van der Waals surface area contributed by atoms with E-state index in [4.69, 9.17) is 10.2 Å². The number of hydrogen-bond donors (Lipinski definition) is 3. The Morgan fingerprint density at radius 1 is 1.54 bits per heavy atom. The van der Waals surface area contributed by atoms with Gasteiger partial charge in [-0.25, -0.2) is 17.9 Å². The van der Waals surface area contributed by atoms with Crippen molar-refractivity contribution in [3.8, 4) is 0 Å². The number of rotatable bonds is 6. The van der Waals surface area contributed by atoms with E-state index in [9.17, 15) is 13.2 Å². The fourth-order valence-electron chi connectivity index (χ4n) is 0.577. The summed E-state index contributed by atoms with van der Waals surface area (Å²) in [5, 5.41) is 17.0. The average molecular weight is 211 g/mol. The molecular formula is C6H13NO5S. The topological polar surface area (TPSA) is 104 Å². The van der Waals surface area contributed by atoms with Crippen LogP contribution in [0.3, 0.4) is 0 Å². The Balaban J connectivity index is 3.75. The third kappa shape index (κ3) is 5.56. The summed E-state index contributed by atoms with van der Waals surface area (Å²) in [5.74, 6) is -1.41. The number of carboxylic acid groups (broad SMARTS) is 1. The zero-order valence-corrected chi connectivity index (χ0v) is 8.04. The van der Waals surface area contributed by atoms with E-state index in [-0.39, 0.29) is 18.7 Å². The Morgan fingerprint density at radius 3 is 2.46 bits per heavy atom. The van der Waals surface area contributed by atoms with Gasteiger partial charge in [0, 0.05) is 6.54 Å². The summed E-state index contributed by atoms with van der Waals surface area (Å²) in [6.45, 7) is 1.40. The van der Waals surface area contributed by atoms with Crippen LogP contribution in [0.2, 0.25) is 0 Å². The molecule has 0 radical (unpaired) electrons. The van der Waals surface area contributed by atoms with Gasteiger partial charge in [0.2, 0.25) is 10.0 Å². The number of carboxylic acids is 1. The van der Waals surface area contributed by atoms with Gasteiger partial charge in [-0.1, -0.05) is 0 Å². The lowest BCUT2D eigenvalue weighted by Gasteiger charge is -2.06. The van der Waals surface area contributed by atoms with Crippen LogP contribution in [-0.2, 0) is 14.8 Å². The fourth-order valence-corrected chi connectivity index (χ4v) is 1.21. The van der Waals surface area contributed by atoms with Crippen molar-refractivity contribution < 1.29 is 23.4 Å². The lowest BCUT2D eigenvalue weighted by molar-refractivity contribution is -0.146. The highest BCUT2D eigenvalue weighted by Crippen LogP contribution is 1.91. The molecule has 0 aromatic heterocycles. The van der Waals surface area contributed by atoms with Gasteiger partial charge in [0.05, 0.1) is 5.75 Å². The normalized spacial score (nSPS) is 14.0. The molecule has 0 aromatic rings. The molecule has 6 nitrogen and oxygen atoms in total. The lowest BCUT2D eigenvalue weighted by Crippen LogP contribution is -2.30. The van der Waals surface area contributed by atoms with Gasteiger partial charge in [0.1, 0.15) is 0 Å². The minimum absolute atomic E-state index is 0.0594. The van der Waals surface area contributed by atoms with Crippen LogP contribution in [0.5, 0.6) is 0 Å². The maximum atomic E-state index is 10.8. The van der Waals surface area contributed by atoms with E-state index in [0.717, 1.165) is 0 Å². The van der Waals surface area contributed by atoms with Gasteiger partial charge in [0.15, 0.2) is 6.10 Å². The van der Waals surface area contributed by atoms with Crippen LogP contribution in [0, 0.1) is 0 Å². The minimum Gasteiger partial charge on any atom is -0.479 e. The van der Waals surface area contributed by atoms with Gasteiger partial charge in [-0.15, -0.1) is 0 Å². The Kier molecular flexibility index (Phi) is 4.89. The Labute approximate surface area is 76.6 Å². The van der Waals surface area contributed by atoms with Gasteiger partial charge in [0.25, 0.3) is 0 Å². The van der Waals surface area contributed by atoms with E-state index in [2.05, 4.69) is 4.72 Å². The first kappa shape index (κ1) is 12.3. The van der Waals surface area contributed by atoms with Gasteiger partial charge < -0.3 is 10.2 Å². The number of nitrogens with one attached hydrogen (secondary N) is 1. The van der Waals surface area contributed by atoms with E-state index in [1.165, 1.54) is 6.92 Å². The molecule has 0 fully saturated rings. The highest BCUT2D eigenvalue weighted by molar-refractivity contribution is 7.89. The first-order chi connectivity index (χ1) is 5.89. The SMILES string of the molecule is CCS(=O)(=O)NCCC(O)C(=O)O. The molecule has 0 aliphatic heterocycles. The minimum atomic E-state index is -3.29. The summed E-state index contributed by atoms with van der Waals surface area (Å²) in [5.41, 5.74) is 0. The quantitative estimate of drug-likeness (QED) is 0.510. The summed E-state index contributed by atoms with van der Waals surface area (Å²) < 4.78 is 23.8. The molecular weight excluding hydrogens is 198 g/mol. The molecule has 0 saturated heterocycles. The predicted molar refractivity (Wildman–Crippen MR) is 45.7 cm³/mol. The molecule has 0 spiro atoms. The lowest BCUT2D eigenvalue weighted by atomic mass is 10.3. The average Bonchev–Trinajstić information content (AvgIpc) is 2.04. The third-order valence-corrected chi connectivity index (χ3v) is 2.81. The van der Waals surface area contributed by atoms with Crippen LogP contribution in [-0.4, -0.2) is 43.0 Å². The number of sulfonamides is 1. The number of aliphatic hydroxyl groups excluding tert-OH is 1. The molecule has 3 N–H and O–H groups in total. The second-order valence-corrected chi connectivity index (χ2v) is 4.54. The van der Waals surface area contributed by atoms with Crippen molar-refractivity contribution in [2.45, 2.75) is 19.4 Å². The van der Waals surface area contributed by atoms with Crippen molar-refractivity contribution in [2.75, 3.05) is 12.3 Å². The number of aliphatic carboxylic acids is 1. The van der Waals surface area contributed by atoms with Crippen LogP contribution in [0.4, 0.5) is 0 Å². The van der Waals surface area contributed by atoms with Crippen molar-refractivity contribution in [3.63, 3.8) is 0 Å². The first-order valence-corrected chi connectivity index (χ1v) is 5.42. The first-order valence-electron chi connectivity index (χ1n) is 3.77. The zero-order valence-electron chi connectivity index (χ0n) is 7.23. The number of aliphatic hydroxyl groups is 1. The molecule has 0 saturated carbocycles. The van der Waals surface area contributed by atoms with Gasteiger partial charge in [-0.05, 0) is 13.3 Å². The summed E-state index contributed by atoms with van der Waals surface area (Å²) in [4.78, 5) is 10.1. The molecule has 1 unspecified atom stereocenters. The molecule has 1 atom stereocenters. The monoisotopic (exact) mass is 211 g/mol. The smallest absolute Gasteiger partial charge is 0.332 e. The van der Waals surface area contributed by atoms with Crippen LogP contribution in [0.15, 0.2) is 0 Å². The van der Waals surface area contributed by atoms with E-state index in [1.54, 1.807) is 0 Å². The molecule has 0 amide bonds. The molecule has 0 aromatic carbocycles. The van der Waals surface area contributed by atoms with E-state index in [1.807, 2.05) is 0 Å². The van der Waals surface area contributed by atoms with E-state index < -0.39 is 22.1 Å². The highest BCUT2D eigenvalue weighted by Gasteiger charge is 2.13. The zero-order chi connectivity index (χ0) is 10.5. The van der Waals surface area contributed by atoms with Crippen LogP contribution >= 0.6 is 0 Å². The van der Waals surface area contributed by atoms with Gasteiger partial charge in [-0.2, -0.15) is 0 Å². The summed E-state index contributed by atoms with van der Waals surface area (Å²) in [6, 6.07) is 0. The second kappa shape index (κ2) is 5.15. The molecule has 0 aliphatic rings. The third-order valence-electron chi connectivity index (χ3n) is 1.40. The maximum absolute atomic E-state index is 10.8. The molecule has 7 heteroatoms. The van der Waals surface area contributed by atoms with Crippen molar-refractivity contribution in [2.24, 2.45) is 0 Å². The Morgan fingerprint density at radius 2 is 2.08 bits per heavy atom. The molecule has 0 bridgehead atoms. The summed E-state index contributed by atoms with van der Waals surface area (Å²) in [6.07, 6.45) is -1.64. The largest absolute Gasteiger partial charge is 0.479 e. The fraction of sp³-hybridized carbons (Fsp3) is 0.833. The van der Waals surface area contributed by atoms with Crippen molar-refractivity contribution in [3.05, 3.63) is 0 Å². The summed E-state index contributed by atoms with van der Waals surface area (Å²) in [7, 11) is -3.29. The van der Waals surface area contributed by atoms with Gasteiger partial charge in [-0.3, -0.25) is 0 Å². The van der Waals surface area contributed by atoms with Crippen LogP contribution in [0.1, 0.15) is 13.3 Å². The molecule has 0 aliphatic carbocycles. The number of carbonyl (C=O) groups is 1.